The number of nitrogens with zero attached hydrogens (tertiary/aromatic N) is 1. The van der Waals surface area contributed by atoms with Crippen molar-refractivity contribution in [3.63, 3.8) is 0 Å². The predicted octanol–water partition coefficient (Wildman–Crippen LogP) is 3.26. The Balaban J connectivity index is 3.46. The number of non-ortho nitro benzene ring substituents is 1. The van der Waals surface area contributed by atoms with Gasteiger partial charge < -0.3 is 4.74 Å². The molecule has 0 unspecified atom stereocenters. The van der Waals surface area contributed by atoms with Crippen LogP contribution in [0.25, 0.3) is 0 Å². The molecule has 0 radical (unpaired) electrons. The van der Waals surface area contributed by atoms with Gasteiger partial charge in [0.25, 0.3) is 5.69 Å². The van der Waals surface area contributed by atoms with E-state index in [4.69, 9.17) is 0 Å². The second kappa shape index (κ2) is 4.39. The van der Waals surface area contributed by atoms with Crippen molar-refractivity contribution in [2.24, 2.45) is 0 Å². The number of alkyl halides is 5. The fourth-order valence-electron chi connectivity index (χ4n) is 1.21. The molecule has 0 saturated carbocycles. The summed E-state index contributed by atoms with van der Waals surface area (Å²) in [5.41, 5.74) is -2.47. The lowest BCUT2D eigenvalue weighted by atomic mass is 10.1. The highest BCUT2D eigenvalue weighted by Crippen LogP contribution is 2.47. The van der Waals surface area contributed by atoms with Gasteiger partial charge in [-0.15, -0.1) is 0 Å². The molecule has 1 aromatic carbocycles. The van der Waals surface area contributed by atoms with Crippen LogP contribution in [0.2, 0.25) is 0 Å². The summed E-state index contributed by atoms with van der Waals surface area (Å²) in [7, 11) is 0.886. The number of methoxy groups -OCH3 is 1. The molecule has 1 rings (SSSR count). The van der Waals surface area contributed by atoms with E-state index in [0.717, 1.165) is 13.2 Å². The molecule has 0 bridgehead atoms. The maximum Gasteiger partial charge on any atom is 0.458 e. The van der Waals surface area contributed by atoms with Crippen LogP contribution in [0.1, 0.15) is 5.56 Å². The average Bonchev–Trinajstić information content (AvgIpc) is 2.26. The zero-order chi connectivity index (χ0) is 14.1. The van der Waals surface area contributed by atoms with Crippen molar-refractivity contribution in [1.29, 1.82) is 0 Å². The Morgan fingerprint density at radius 2 is 1.78 bits per heavy atom. The molecule has 0 aliphatic rings. The zero-order valence-electron chi connectivity index (χ0n) is 8.79. The quantitative estimate of drug-likeness (QED) is 0.481. The van der Waals surface area contributed by atoms with Crippen LogP contribution < -0.4 is 4.74 Å². The summed E-state index contributed by atoms with van der Waals surface area (Å²) in [5.74, 6) is -6.01. The minimum Gasteiger partial charge on any atom is -0.496 e. The summed E-state index contributed by atoms with van der Waals surface area (Å²) in [5, 5.41) is 10.4. The lowest BCUT2D eigenvalue weighted by Gasteiger charge is -2.21. The molecule has 0 fully saturated rings. The van der Waals surface area contributed by atoms with Crippen molar-refractivity contribution < 1.29 is 31.6 Å². The standard InChI is InChI=1S/C9H6F5NO3/c1-18-7-3-2-5(15(16)17)4-6(7)8(10,11)9(12,13)14/h2-4H,1H3. The fourth-order valence-corrected chi connectivity index (χ4v) is 1.21. The Bertz CT molecular complexity index is 472. The predicted molar refractivity (Wildman–Crippen MR) is 49.6 cm³/mol. The van der Waals surface area contributed by atoms with Crippen molar-refractivity contribution in [2.75, 3.05) is 7.11 Å². The molecule has 0 spiro atoms. The summed E-state index contributed by atoms with van der Waals surface area (Å²) in [4.78, 5) is 9.29. The molecule has 0 saturated heterocycles. The highest BCUT2D eigenvalue weighted by Gasteiger charge is 2.60. The van der Waals surface area contributed by atoms with Crippen molar-refractivity contribution in [1.82, 2.24) is 0 Å². The van der Waals surface area contributed by atoms with Crippen molar-refractivity contribution in [3.05, 3.63) is 33.9 Å². The van der Waals surface area contributed by atoms with Crippen molar-refractivity contribution >= 4 is 5.69 Å². The first-order valence-electron chi connectivity index (χ1n) is 4.38. The number of benzene rings is 1. The molecule has 9 heteroatoms. The molecule has 4 nitrogen and oxygen atoms in total. The third-order valence-corrected chi connectivity index (χ3v) is 2.09. The lowest BCUT2D eigenvalue weighted by Crippen LogP contribution is -2.34. The maximum atomic E-state index is 13.1. The first-order chi connectivity index (χ1) is 8.11. The third-order valence-electron chi connectivity index (χ3n) is 2.09. The highest BCUT2D eigenvalue weighted by molar-refractivity contribution is 5.46. The molecule has 0 heterocycles. The van der Waals surface area contributed by atoms with Gasteiger partial charge in [-0.3, -0.25) is 10.1 Å². The monoisotopic (exact) mass is 271 g/mol. The summed E-state index contributed by atoms with van der Waals surface area (Å²) >= 11 is 0. The van der Waals surface area contributed by atoms with Crippen LogP contribution in [0.5, 0.6) is 5.75 Å². The smallest absolute Gasteiger partial charge is 0.458 e. The first-order valence-corrected chi connectivity index (χ1v) is 4.38. The number of nitro benzene ring substituents is 1. The van der Waals surface area contributed by atoms with Crippen LogP contribution in [0.15, 0.2) is 18.2 Å². The number of hydrogen-bond acceptors (Lipinski definition) is 3. The SMILES string of the molecule is COc1ccc([N+](=O)[O-])cc1C(F)(F)C(F)(F)F. The Hall–Kier alpha value is -1.93. The van der Waals surface area contributed by atoms with Crippen LogP contribution >= 0.6 is 0 Å². The van der Waals surface area contributed by atoms with Gasteiger partial charge in [0, 0.05) is 12.1 Å². The van der Waals surface area contributed by atoms with E-state index in [1.54, 1.807) is 0 Å². The molecule has 1 aromatic rings. The Labute approximate surface area is 97.1 Å². The van der Waals surface area contributed by atoms with Crippen LogP contribution in [0.3, 0.4) is 0 Å². The minimum absolute atomic E-state index is 0.145. The van der Waals surface area contributed by atoms with E-state index in [1.165, 1.54) is 0 Å². The van der Waals surface area contributed by atoms with E-state index < -0.39 is 34.0 Å². The molecule has 0 aliphatic carbocycles. The van der Waals surface area contributed by atoms with Gasteiger partial charge in [-0.1, -0.05) is 0 Å². The van der Waals surface area contributed by atoms with Gasteiger partial charge in [-0.25, -0.2) is 0 Å². The number of nitro groups is 1. The van der Waals surface area contributed by atoms with Gasteiger partial charge in [0.15, 0.2) is 0 Å². The molecule has 0 amide bonds. The molecule has 18 heavy (non-hydrogen) atoms. The summed E-state index contributed by atoms with van der Waals surface area (Å²) in [6.07, 6.45) is -5.87. The van der Waals surface area contributed by atoms with Gasteiger partial charge in [-0.2, -0.15) is 22.0 Å². The second-order valence-corrected chi connectivity index (χ2v) is 3.21. The van der Waals surface area contributed by atoms with E-state index in [0.29, 0.717) is 6.07 Å². The number of ether oxygens (including phenoxy) is 1. The minimum atomic E-state index is -5.87. The summed E-state index contributed by atoms with van der Waals surface area (Å²) < 4.78 is 67.2. The summed E-state index contributed by atoms with van der Waals surface area (Å²) in [6.45, 7) is 0. The number of hydrogen-bond donors (Lipinski definition) is 0. The van der Waals surface area contributed by atoms with E-state index in [-0.39, 0.29) is 6.07 Å². The Kier molecular flexibility index (Phi) is 3.45. The maximum absolute atomic E-state index is 13.1. The van der Waals surface area contributed by atoms with Gasteiger partial charge in [0.1, 0.15) is 5.75 Å². The fraction of sp³-hybridized carbons (Fsp3) is 0.333. The molecule has 0 N–H and O–H groups in total. The van der Waals surface area contributed by atoms with Crippen LogP contribution in [-0.2, 0) is 5.92 Å². The second-order valence-electron chi connectivity index (χ2n) is 3.21. The highest BCUT2D eigenvalue weighted by atomic mass is 19.4. The topological polar surface area (TPSA) is 52.4 Å². The third kappa shape index (κ3) is 2.34. The zero-order valence-corrected chi connectivity index (χ0v) is 8.79. The van der Waals surface area contributed by atoms with Gasteiger partial charge >= 0.3 is 12.1 Å². The molecular formula is C9H6F5NO3. The molecule has 100 valence electrons. The van der Waals surface area contributed by atoms with Crippen LogP contribution in [0.4, 0.5) is 27.6 Å². The van der Waals surface area contributed by atoms with Crippen molar-refractivity contribution in [2.45, 2.75) is 12.1 Å². The molecule has 0 atom stereocenters. The van der Waals surface area contributed by atoms with Gasteiger partial charge in [0.05, 0.1) is 17.6 Å². The number of rotatable bonds is 3. The molecule has 0 aromatic heterocycles. The first kappa shape index (κ1) is 14.1. The number of halogens is 5. The lowest BCUT2D eigenvalue weighted by molar-refractivity contribution is -0.385. The molecular weight excluding hydrogens is 265 g/mol. The largest absolute Gasteiger partial charge is 0.496 e. The van der Waals surface area contributed by atoms with Gasteiger partial charge in [-0.05, 0) is 6.07 Å². The Morgan fingerprint density at radius 1 is 1.22 bits per heavy atom. The van der Waals surface area contributed by atoms with E-state index in [1.807, 2.05) is 0 Å². The molecule has 0 aliphatic heterocycles. The van der Waals surface area contributed by atoms with E-state index in [9.17, 15) is 32.1 Å². The summed E-state index contributed by atoms with van der Waals surface area (Å²) in [6, 6.07) is 1.61. The van der Waals surface area contributed by atoms with Crippen LogP contribution in [-0.4, -0.2) is 18.2 Å². The normalized spacial score (nSPS) is 12.3. The van der Waals surface area contributed by atoms with E-state index in [2.05, 4.69) is 4.74 Å². The van der Waals surface area contributed by atoms with E-state index >= 15 is 0 Å². The Morgan fingerprint density at radius 3 is 2.17 bits per heavy atom. The average molecular weight is 271 g/mol. The van der Waals surface area contributed by atoms with Crippen molar-refractivity contribution in [3.8, 4) is 5.75 Å². The van der Waals surface area contributed by atoms with Crippen LogP contribution in [0, 0.1) is 10.1 Å². The van der Waals surface area contributed by atoms with Gasteiger partial charge in [0.2, 0.25) is 0 Å².